The first-order valence-electron chi connectivity index (χ1n) is 10.4. The maximum Gasteiger partial charge on any atom is 0.251 e. The lowest BCUT2D eigenvalue weighted by molar-refractivity contribution is -0.114. The second kappa shape index (κ2) is 12.1. The van der Waals surface area contributed by atoms with Crippen LogP contribution in [-0.2, 0) is 16.1 Å². The number of hydrogen-bond acceptors (Lipinski definition) is 6. The highest BCUT2D eigenvalue weighted by Crippen LogP contribution is 2.13. The van der Waals surface area contributed by atoms with Crippen LogP contribution in [0.5, 0.6) is 0 Å². The molecule has 4 N–H and O–H groups in total. The fourth-order valence-corrected chi connectivity index (χ4v) is 2.95. The van der Waals surface area contributed by atoms with Crippen LogP contribution in [0.4, 0.5) is 11.4 Å². The zero-order chi connectivity index (χ0) is 23.5. The number of ether oxygens (including phenoxy) is 1. The molecular weight excluding hydrogens is 424 g/mol. The van der Waals surface area contributed by atoms with Gasteiger partial charge >= 0.3 is 0 Å². The van der Waals surface area contributed by atoms with Crippen molar-refractivity contribution in [3.63, 3.8) is 0 Å². The van der Waals surface area contributed by atoms with Crippen molar-refractivity contribution in [2.24, 2.45) is 0 Å². The fraction of sp³-hybridized carbons (Fsp3) is 0.208. The molecule has 0 bridgehead atoms. The standard InChI is InChI=1S/C24H26N4O5/c1-32-12-10-25-23(30)18-6-3-8-20(14-18)28-22(29)16-26-19-7-2-5-17(13-19)24(31)27-15-21-9-4-11-33-21/h2-9,11,13-14,26H,10,12,15-16H2,1H3,(H,25,30)(H,27,31)(H,28,29). The second-order valence-electron chi connectivity index (χ2n) is 7.07. The molecule has 3 rings (SSSR count). The molecule has 9 nitrogen and oxygen atoms in total. The van der Waals surface area contributed by atoms with Crippen molar-refractivity contribution in [2.75, 3.05) is 37.4 Å². The van der Waals surface area contributed by atoms with E-state index in [0.29, 0.717) is 41.4 Å². The molecule has 0 aliphatic rings. The van der Waals surface area contributed by atoms with E-state index in [1.807, 2.05) is 0 Å². The van der Waals surface area contributed by atoms with Crippen molar-refractivity contribution >= 4 is 29.1 Å². The van der Waals surface area contributed by atoms with Gasteiger partial charge in [0.1, 0.15) is 5.76 Å². The van der Waals surface area contributed by atoms with E-state index in [-0.39, 0.29) is 30.8 Å². The van der Waals surface area contributed by atoms with E-state index in [1.165, 1.54) is 0 Å². The Kier molecular flexibility index (Phi) is 8.61. The van der Waals surface area contributed by atoms with E-state index < -0.39 is 0 Å². The van der Waals surface area contributed by atoms with Gasteiger partial charge in [-0.05, 0) is 48.5 Å². The molecule has 0 saturated heterocycles. The quantitative estimate of drug-likeness (QED) is 0.333. The number of nitrogens with one attached hydrogen (secondary N) is 4. The SMILES string of the molecule is COCCNC(=O)c1cccc(NC(=O)CNc2cccc(C(=O)NCc3ccco3)c2)c1. The van der Waals surface area contributed by atoms with E-state index in [1.54, 1.807) is 74.0 Å². The average molecular weight is 450 g/mol. The number of carbonyl (C=O) groups excluding carboxylic acids is 3. The van der Waals surface area contributed by atoms with Crippen LogP contribution in [0.1, 0.15) is 26.5 Å². The molecule has 1 aromatic heterocycles. The topological polar surface area (TPSA) is 122 Å². The molecule has 1 heterocycles. The lowest BCUT2D eigenvalue weighted by atomic mass is 10.2. The average Bonchev–Trinajstić information content (AvgIpc) is 3.35. The van der Waals surface area contributed by atoms with Crippen LogP contribution in [0.25, 0.3) is 0 Å². The minimum Gasteiger partial charge on any atom is -0.467 e. The highest BCUT2D eigenvalue weighted by atomic mass is 16.5. The van der Waals surface area contributed by atoms with Gasteiger partial charge in [0.25, 0.3) is 11.8 Å². The molecule has 0 aliphatic heterocycles. The molecule has 9 heteroatoms. The van der Waals surface area contributed by atoms with Crippen LogP contribution in [0.15, 0.2) is 71.3 Å². The smallest absolute Gasteiger partial charge is 0.251 e. The van der Waals surface area contributed by atoms with Crippen LogP contribution in [0, 0.1) is 0 Å². The molecule has 3 aromatic rings. The molecule has 0 aliphatic carbocycles. The highest BCUT2D eigenvalue weighted by molar-refractivity contribution is 5.98. The second-order valence-corrected chi connectivity index (χ2v) is 7.07. The van der Waals surface area contributed by atoms with E-state index in [4.69, 9.17) is 9.15 Å². The molecule has 0 fully saturated rings. The molecule has 0 radical (unpaired) electrons. The van der Waals surface area contributed by atoms with Crippen molar-refractivity contribution < 1.29 is 23.5 Å². The number of amides is 3. The summed E-state index contributed by atoms with van der Waals surface area (Å²) in [6, 6.07) is 17.0. The third kappa shape index (κ3) is 7.51. The zero-order valence-corrected chi connectivity index (χ0v) is 18.2. The first-order chi connectivity index (χ1) is 16.0. The number of methoxy groups -OCH3 is 1. The van der Waals surface area contributed by atoms with Gasteiger partial charge in [0.05, 0.1) is 26.0 Å². The number of hydrogen-bond donors (Lipinski definition) is 4. The van der Waals surface area contributed by atoms with E-state index >= 15 is 0 Å². The molecule has 2 aromatic carbocycles. The van der Waals surface area contributed by atoms with Gasteiger partial charge in [-0.25, -0.2) is 0 Å². The number of carbonyl (C=O) groups is 3. The monoisotopic (exact) mass is 450 g/mol. The first kappa shape index (κ1) is 23.6. The summed E-state index contributed by atoms with van der Waals surface area (Å²) in [5.41, 5.74) is 2.03. The van der Waals surface area contributed by atoms with Gasteiger partial charge in [-0.15, -0.1) is 0 Å². The Hall–Kier alpha value is -4.11. The van der Waals surface area contributed by atoms with Crippen LogP contribution in [0.3, 0.4) is 0 Å². The van der Waals surface area contributed by atoms with Crippen molar-refractivity contribution in [3.8, 4) is 0 Å². The third-order valence-electron chi connectivity index (χ3n) is 4.58. The Morgan fingerprint density at radius 3 is 2.27 bits per heavy atom. The predicted molar refractivity (Wildman–Crippen MR) is 124 cm³/mol. The summed E-state index contributed by atoms with van der Waals surface area (Å²) in [5, 5.41) is 11.3. The normalized spacial score (nSPS) is 10.3. The van der Waals surface area contributed by atoms with Gasteiger partial charge < -0.3 is 30.4 Å². The van der Waals surface area contributed by atoms with Crippen LogP contribution in [0.2, 0.25) is 0 Å². The van der Waals surface area contributed by atoms with Gasteiger partial charge in [0.15, 0.2) is 0 Å². The zero-order valence-electron chi connectivity index (χ0n) is 18.2. The minimum absolute atomic E-state index is 0.0122. The lowest BCUT2D eigenvalue weighted by Gasteiger charge is -2.10. The Morgan fingerprint density at radius 2 is 1.58 bits per heavy atom. The van der Waals surface area contributed by atoms with Crippen LogP contribution in [-0.4, -0.2) is 44.5 Å². The predicted octanol–water partition coefficient (Wildman–Crippen LogP) is 2.64. The van der Waals surface area contributed by atoms with Crippen LogP contribution >= 0.6 is 0 Å². The summed E-state index contributed by atoms with van der Waals surface area (Å²) in [7, 11) is 1.56. The Morgan fingerprint density at radius 1 is 0.879 bits per heavy atom. The molecular formula is C24H26N4O5. The van der Waals surface area contributed by atoms with E-state index in [9.17, 15) is 14.4 Å². The summed E-state index contributed by atoms with van der Waals surface area (Å²) in [5.74, 6) is -0.131. The summed E-state index contributed by atoms with van der Waals surface area (Å²) < 4.78 is 10.1. The number of rotatable bonds is 11. The first-order valence-corrected chi connectivity index (χ1v) is 10.4. The Labute approximate surface area is 191 Å². The van der Waals surface area contributed by atoms with Gasteiger partial charge in [-0.2, -0.15) is 0 Å². The molecule has 172 valence electrons. The van der Waals surface area contributed by atoms with E-state index in [2.05, 4.69) is 21.3 Å². The largest absolute Gasteiger partial charge is 0.467 e. The van der Waals surface area contributed by atoms with Crippen molar-refractivity contribution in [1.29, 1.82) is 0 Å². The van der Waals surface area contributed by atoms with Gasteiger partial charge in [-0.3, -0.25) is 14.4 Å². The minimum atomic E-state index is -0.292. The van der Waals surface area contributed by atoms with E-state index in [0.717, 1.165) is 0 Å². The third-order valence-corrected chi connectivity index (χ3v) is 4.58. The molecule has 33 heavy (non-hydrogen) atoms. The number of furan rings is 1. The maximum atomic E-state index is 12.4. The summed E-state index contributed by atoms with van der Waals surface area (Å²) >= 11 is 0. The lowest BCUT2D eigenvalue weighted by Crippen LogP contribution is -2.27. The maximum absolute atomic E-state index is 12.4. The molecule has 3 amide bonds. The Balaban J connectivity index is 1.49. The Bertz CT molecular complexity index is 1080. The number of anilines is 2. The highest BCUT2D eigenvalue weighted by Gasteiger charge is 2.10. The summed E-state index contributed by atoms with van der Waals surface area (Å²) in [4.78, 5) is 36.8. The molecule has 0 spiro atoms. The fourth-order valence-electron chi connectivity index (χ4n) is 2.95. The number of benzene rings is 2. The van der Waals surface area contributed by atoms with Crippen molar-refractivity contribution in [1.82, 2.24) is 10.6 Å². The molecule has 0 saturated carbocycles. The molecule has 0 atom stereocenters. The van der Waals surface area contributed by atoms with Gasteiger partial charge in [0, 0.05) is 36.2 Å². The van der Waals surface area contributed by atoms with Gasteiger partial charge in [0.2, 0.25) is 5.91 Å². The van der Waals surface area contributed by atoms with Gasteiger partial charge in [-0.1, -0.05) is 12.1 Å². The van der Waals surface area contributed by atoms with Crippen LogP contribution < -0.4 is 21.3 Å². The van der Waals surface area contributed by atoms with Crippen molar-refractivity contribution in [2.45, 2.75) is 6.54 Å². The molecule has 0 unspecified atom stereocenters. The summed E-state index contributed by atoms with van der Waals surface area (Å²) in [6.07, 6.45) is 1.55. The van der Waals surface area contributed by atoms with Crippen molar-refractivity contribution in [3.05, 3.63) is 83.8 Å². The summed E-state index contributed by atoms with van der Waals surface area (Å²) in [6.45, 7) is 1.09.